The summed E-state index contributed by atoms with van der Waals surface area (Å²) in [6, 6.07) is 9.78. The monoisotopic (exact) mass is 296 g/mol. The Morgan fingerprint density at radius 3 is 2.55 bits per heavy atom. The van der Waals surface area contributed by atoms with Gasteiger partial charge in [-0.2, -0.15) is 8.42 Å². The molecule has 0 bridgehead atoms. The van der Waals surface area contributed by atoms with Crippen molar-refractivity contribution in [2.45, 2.75) is 11.6 Å². The van der Waals surface area contributed by atoms with Gasteiger partial charge in [0.05, 0.1) is 19.3 Å². The van der Waals surface area contributed by atoms with Crippen LogP contribution < -0.4 is 14.8 Å². The Labute approximate surface area is 117 Å². The van der Waals surface area contributed by atoms with Gasteiger partial charge in [-0.05, 0) is 24.3 Å². The molecule has 0 amide bonds. The summed E-state index contributed by atoms with van der Waals surface area (Å²) >= 11 is 0. The van der Waals surface area contributed by atoms with E-state index in [1.807, 2.05) is 0 Å². The summed E-state index contributed by atoms with van der Waals surface area (Å²) in [5.41, 5.74) is 5.85. The van der Waals surface area contributed by atoms with Crippen molar-refractivity contribution >= 4 is 15.7 Å². The molecule has 0 radical (unpaired) electrons. The van der Waals surface area contributed by atoms with Gasteiger partial charge >= 0.3 is 0 Å². The third-order valence-corrected chi connectivity index (χ3v) is 4.52. The van der Waals surface area contributed by atoms with Crippen molar-refractivity contribution in [1.82, 2.24) is 0 Å². The molecule has 1 heterocycles. The second kappa shape index (κ2) is 5.56. The molecule has 0 saturated heterocycles. The van der Waals surface area contributed by atoms with Gasteiger partial charge in [0.15, 0.2) is 0 Å². The van der Waals surface area contributed by atoms with E-state index >= 15 is 0 Å². The molecule has 2 N–H and O–H groups in total. The average Bonchev–Trinajstić information content (AvgIpc) is 2.96. The maximum Gasteiger partial charge on any atom is 0.297 e. The van der Waals surface area contributed by atoms with Crippen LogP contribution in [0.5, 0.6) is 5.75 Å². The first-order chi connectivity index (χ1) is 9.50. The van der Waals surface area contributed by atoms with Gasteiger partial charge in [-0.25, -0.2) is 0 Å². The average molecular weight is 296 g/mol. The number of anilines is 1. The molecule has 0 saturated carbocycles. The molecule has 108 valence electrons. The van der Waals surface area contributed by atoms with E-state index in [2.05, 4.69) is 0 Å². The Bertz CT molecular complexity index is 694. The zero-order valence-corrected chi connectivity index (χ0v) is 12.1. The minimum atomic E-state index is -3.78. The van der Waals surface area contributed by atoms with Crippen molar-refractivity contribution in [3.63, 3.8) is 0 Å². The van der Waals surface area contributed by atoms with Gasteiger partial charge in [-0.15, -0.1) is 0 Å². The summed E-state index contributed by atoms with van der Waals surface area (Å²) in [5.74, 6) is 0.876. The van der Waals surface area contributed by atoms with E-state index in [1.165, 1.54) is 20.2 Å². The molecule has 0 atom stereocenters. The maximum absolute atomic E-state index is 12.5. The van der Waals surface area contributed by atoms with Gasteiger partial charge in [0, 0.05) is 7.05 Å². The summed E-state index contributed by atoms with van der Waals surface area (Å²) < 4.78 is 36.4. The lowest BCUT2D eigenvalue weighted by Crippen LogP contribution is -2.26. The first kappa shape index (κ1) is 14.4. The van der Waals surface area contributed by atoms with E-state index in [-0.39, 0.29) is 11.6 Å². The van der Waals surface area contributed by atoms with Gasteiger partial charge in [-0.3, -0.25) is 4.31 Å². The third-order valence-electron chi connectivity index (χ3n) is 2.88. The lowest BCUT2D eigenvalue weighted by molar-refractivity contribution is 0.411. The molecule has 1 aromatic carbocycles. The number of nitrogens with zero attached hydrogens (tertiary/aromatic N) is 1. The molecule has 7 heteroatoms. The van der Waals surface area contributed by atoms with Crippen LogP contribution in [0.1, 0.15) is 5.76 Å². The minimum Gasteiger partial charge on any atom is -0.495 e. The number of methoxy groups -OCH3 is 1. The van der Waals surface area contributed by atoms with E-state index in [1.54, 1.807) is 30.3 Å². The van der Waals surface area contributed by atoms with E-state index in [4.69, 9.17) is 14.9 Å². The SMILES string of the molecule is COc1ccccc1N(C)S(=O)(=O)c1ccc(CN)o1. The standard InChI is InChI=1S/C13H16N2O4S/c1-15(11-5-3-4-6-12(11)18-2)20(16,17)13-8-7-10(9-14)19-13/h3-8H,9,14H2,1-2H3. The number of benzene rings is 1. The van der Waals surface area contributed by atoms with E-state index in [9.17, 15) is 8.42 Å². The predicted octanol–water partition coefficient (Wildman–Crippen LogP) is 1.57. The zero-order chi connectivity index (χ0) is 14.8. The predicted molar refractivity (Wildman–Crippen MR) is 75.2 cm³/mol. The van der Waals surface area contributed by atoms with Crippen molar-refractivity contribution < 1.29 is 17.6 Å². The van der Waals surface area contributed by atoms with Crippen LogP contribution in [0.3, 0.4) is 0 Å². The molecule has 0 fully saturated rings. The molecule has 0 aliphatic heterocycles. The fourth-order valence-corrected chi connectivity index (χ4v) is 2.89. The third kappa shape index (κ3) is 2.50. The highest BCUT2D eigenvalue weighted by molar-refractivity contribution is 7.92. The highest BCUT2D eigenvalue weighted by Gasteiger charge is 2.26. The zero-order valence-electron chi connectivity index (χ0n) is 11.2. The number of hydrogen-bond donors (Lipinski definition) is 1. The van der Waals surface area contributed by atoms with Crippen LogP contribution in [0.15, 0.2) is 45.9 Å². The normalized spacial score (nSPS) is 11.3. The highest BCUT2D eigenvalue weighted by Crippen LogP contribution is 2.31. The summed E-state index contributed by atoms with van der Waals surface area (Å²) in [6.07, 6.45) is 0. The topological polar surface area (TPSA) is 85.8 Å². The van der Waals surface area contributed by atoms with Crippen LogP contribution in [0.25, 0.3) is 0 Å². The van der Waals surface area contributed by atoms with Crippen molar-refractivity contribution in [1.29, 1.82) is 0 Å². The van der Waals surface area contributed by atoms with E-state index in [0.29, 0.717) is 17.2 Å². The van der Waals surface area contributed by atoms with Crippen LogP contribution in [-0.2, 0) is 16.6 Å². The fourth-order valence-electron chi connectivity index (χ4n) is 1.76. The molecular weight excluding hydrogens is 280 g/mol. The second-order valence-corrected chi connectivity index (χ2v) is 5.97. The van der Waals surface area contributed by atoms with Crippen LogP contribution in [-0.4, -0.2) is 22.6 Å². The minimum absolute atomic E-state index is 0.147. The van der Waals surface area contributed by atoms with Crippen molar-refractivity contribution in [3.8, 4) is 5.75 Å². The quantitative estimate of drug-likeness (QED) is 0.905. The Hall–Kier alpha value is -1.99. The molecule has 1 aromatic heterocycles. The number of nitrogens with two attached hydrogens (primary N) is 1. The van der Waals surface area contributed by atoms with Crippen LogP contribution >= 0.6 is 0 Å². The second-order valence-electron chi connectivity index (χ2n) is 4.07. The smallest absolute Gasteiger partial charge is 0.297 e. The number of hydrogen-bond acceptors (Lipinski definition) is 5. The molecule has 2 aromatic rings. The largest absolute Gasteiger partial charge is 0.495 e. The summed E-state index contributed by atoms with van der Waals surface area (Å²) in [5, 5.41) is -0.147. The van der Waals surface area contributed by atoms with Gasteiger partial charge in [0.2, 0.25) is 5.09 Å². The van der Waals surface area contributed by atoms with E-state index in [0.717, 1.165) is 4.31 Å². The molecule has 20 heavy (non-hydrogen) atoms. The van der Waals surface area contributed by atoms with Gasteiger partial charge in [0.1, 0.15) is 11.5 Å². The lowest BCUT2D eigenvalue weighted by atomic mass is 10.3. The van der Waals surface area contributed by atoms with Gasteiger partial charge in [0.25, 0.3) is 10.0 Å². The summed E-state index contributed by atoms with van der Waals surface area (Å²) in [6.45, 7) is 0.147. The fraction of sp³-hybridized carbons (Fsp3) is 0.231. The van der Waals surface area contributed by atoms with Crippen molar-refractivity contribution in [3.05, 3.63) is 42.2 Å². The molecular formula is C13H16N2O4S. The van der Waals surface area contributed by atoms with Gasteiger partial charge in [-0.1, -0.05) is 12.1 Å². The van der Waals surface area contributed by atoms with Crippen LogP contribution in [0.4, 0.5) is 5.69 Å². The van der Waals surface area contributed by atoms with Crippen LogP contribution in [0, 0.1) is 0 Å². The highest BCUT2D eigenvalue weighted by atomic mass is 32.2. The van der Waals surface area contributed by atoms with Crippen molar-refractivity contribution in [2.75, 3.05) is 18.5 Å². The van der Waals surface area contributed by atoms with Crippen molar-refractivity contribution in [2.24, 2.45) is 5.73 Å². The lowest BCUT2D eigenvalue weighted by Gasteiger charge is -2.20. The number of rotatable bonds is 5. The molecule has 0 aliphatic carbocycles. The molecule has 2 rings (SSSR count). The first-order valence-electron chi connectivity index (χ1n) is 5.91. The Morgan fingerprint density at radius 1 is 1.25 bits per heavy atom. The molecule has 6 nitrogen and oxygen atoms in total. The Kier molecular flexibility index (Phi) is 4.01. The molecule has 0 unspecified atom stereocenters. The van der Waals surface area contributed by atoms with Gasteiger partial charge < -0.3 is 14.9 Å². The molecule has 0 spiro atoms. The number of sulfonamides is 1. The summed E-state index contributed by atoms with van der Waals surface area (Å²) in [4.78, 5) is 0. The van der Waals surface area contributed by atoms with E-state index < -0.39 is 10.0 Å². The number of furan rings is 1. The Balaban J connectivity index is 2.43. The maximum atomic E-state index is 12.5. The number of ether oxygens (including phenoxy) is 1. The number of para-hydroxylation sites is 2. The van der Waals surface area contributed by atoms with Crippen LogP contribution in [0.2, 0.25) is 0 Å². The summed E-state index contributed by atoms with van der Waals surface area (Å²) in [7, 11) is -0.856. The Morgan fingerprint density at radius 2 is 1.95 bits per heavy atom. The molecule has 0 aliphatic rings. The first-order valence-corrected chi connectivity index (χ1v) is 7.35.